The van der Waals surface area contributed by atoms with Crippen LogP contribution in [0, 0.1) is 0 Å². The number of rotatable bonds is 26. The predicted octanol–water partition coefficient (Wildman–Crippen LogP) is 6.00. The van der Waals surface area contributed by atoms with Crippen molar-refractivity contribution in [2.45, 2.75) is 109 Å². The molecule has 0 saturated carbocycles. The van der Waals surface area contributed by atoms with Crippen molar-refractivity contribution in [3.05, 3.63) is 24.8 Å². The van der Waals surface area contributed by atoms with Gasteiger partial charge in [-0.25, -0.2) is 15.0 Å². The summed E-state index contributed by atoms with van der Waals surface area (Å²) in [6.45, 7) is 3.33. The number of ether oxygens (including phenoxy) is 2. The SMILES string of the molecule is CCCCCCCC/C=C\CCCCCCCOCCCOP(=O)(O)COC(CO)Cn1cnc2c(N)ncnc21. The molecule has 11 nitrogen and oxygen atoms in total. The number of nitrogens with zero attached hydrogens (tertiary/aromatic N) is 4. The monoisotopic (exact) mass is 597 g/mol. The Kier molecular flexibility index (Phi) is 18.8. The molecular weight excluding hydrogens is 545 g/mol. The Morgan fingerprint density at radius 2 is 1.59 bits per heavy atom. The Bertz CT molecular complexity index is 1020. The summed E-state index contributed by atoms with van der Waals surface area (Å²) in [4.78, 5) is 22.3. The zero-order valence-corrected chi connectivity index (χ0v) is 25.8. The first kappa shape index (κ1) is 35.3. The maximum Gasteiger partial charge on any atom is 0.353 e. The summed E-state index contributed by atoms with van der Waals surface area (Å²) in [5.41, 5.74) is 6.72. The van der Waals surface area contributed by atoms with Crippen molar-refractivity contribution in [2.24, 2.45) is 0 Å². The second kappa shape index (κ2) is 21.8. The summed E-state index contributed by atoms with van der Waals surface area (Å²) in [6.07, 6.45) is 23.2. The number of anilines is 1. The molecule has 2 rings (SSSR count). The Labute approximate surface area is 245 Å². The van der Waals surface area contributed by atoms with E-state index in [-0.39, 0.29) is 25.6 Å². The second-order valence-corrected chi connectivity index (χ2v) is 12.2. The van der Waals surface area contributed by atoms with E-state index in [0.29, 0.717) is 30.8 Å². The average Bonchev–Trinajstić information content (AvgIpc) is 3.38. The third kappa shape index (κ3) is 15.8. The summed E-state index contributed by atoms with van der Waals surface area (Å²) < 4.78 is 30.2. The topological polar surface area (TPSA) is 155 Å². The molecule has 0 fully saturated rings. The van der Waals surface area contributed by atoms with Gasteiger partial charge in [0.15, 0.2) is 11.5 Å². The van der Waals surface area contributed by atoms with Crippen molar-refractivity contribution in [3.63, 3.8) is 0 Å². The van der Waals surface area contributed by atoms with Crippen molar-refractivity contribution in [2.75, 3.05) is 38.5 Å². The zero-order chi connectivity index (χ0) is 29.6. The Hall–Kier alpha value is -1.88. The standard InChI is InChI=1S/C29H52N5O6P/c1-2-3-4-5-6-7-8-9-10-11-12-13-14-15-16-18-38-19-17-20-40-41(36,37)25-39-26(22-35)21-34-24-33-27-28(30)31-23-32-29(27)34/h9-10,23-24,26,35H,2-8,11-22,25H2,1H3,(H,36,37)(H2,30,31,32)/b10-9-. The van der Waals surface area contributed by atoms with E-state index in [1.165, 1.54) is 83.3 Å². The first-order valence-corrected chi connectivity index (χ1v) is 17.1. The van der Waals surface area contributed by atoms with Crippen molar-refractivity contribution >= 4 is 24.6 Å². The Morgan fingerprint density at radius 3 is 2.29 bits per heavy atom. The lowest BCUT2D eigenvalue weighted by molar-refractivity contribution is 0.0175. The van der Waals surface area contributed by atoms with Crippen LogP contribution in [0.4, 0.5) is 5.82 Å². The number of nitrogen functional groups attached to an aromatic ring is 1. The van der Waals surface area contributed by atoms with Crippen LogP contribution < -0.4 is 5.73 Å². The van der Waals surface area contributed by atoms with Gasteiger partial charge in [0.05, 0.1) is 32.2 Å². The molecule has 12 heteroatoms. The summed E-state index contributed by atoms with van der Waals surface area (Å²) >= 11 is 0. The van der Waals surface area contributed by atoms with Gasteiger partial charge in [-0.2, -0.15) is 0 Å². The van der Waals surface area contributed by atoms with Gasteiger partial charge < -0.3 is 34.3 Å². The molecule has 0 spiro atoms. The van der Waals surface area contributed by atoms with Crippen LogP contribution in [0.5, 0.6) is 0 Å². The van der Waals surface area contributed by atoms with Gasteiger partial charge in [-0.05, 0) is 38.5 Å². The molecule has 234 valence electrons. The number of aliphatic hydroxyl groups is 1. The molecule has 41 heavy (non-hydrogen) atoms. The first-order chi connectivity index (χ1) is 20.0. The molecular formula is C29H52N5O6P. The highest BCUT2D eigenvalue weighted by Gasteiger charge is 2.23. The lowest BCUT2D eigenvalue weighted by atomic mass is 10.1. The molecule has 0 bridgehead atoms. The van der Waals surface area contributed by atoms with E-state index in [1.54, 1.807) is 4.57 Å². The third-order valence-electron chi connectivity index (χ3n) is 6.78. The highest BCUT2D eigenvalue weighted by molar-refractivity contribution is 7.52. The molecule has 2 atom stereocenters. The van der Waals surface area contributed by atoms with Crippen LogP contribution in [0.15, 0.2) is 24.8 Å². The molecule has 4 N–H and O–H groups in total. The number of hydrogen-bond donors (Lipinski definition) is 3. The number of nitrogens with two attached hydrogens (primary N) is 1. The van der Waals surface area contributed by atoms with Gasteiger partial charge in [-0.1, -0.05) is 70.4 Å². The highest BCUT2D eigenvalue weighted by Crippen LogP contribution is 2.42. The van der Waals surface area contributed by atoms with E-state index in [0.717, 1.165) is 12.8 Å². The minimum absolute atomic E-state index is 0.0929. The van der Waals surface area contributed by atoms with Crippen LogP contribution in [-0.4, -0.2) is 68.4 Å². The van der Waals surface area contributed by atoms with Gasteiger partial charge in [0.1, 0.15) is 18.2 Å². The van der Waals surface area contributed by atoms with Crippen LogP contribution in [0.3, 0.4) is 0 Å². The molecule has 2 unspecified atom stereocenters. The van der Waals surface area contributed by atoms with Crippen molar-refractivity contribution in [3.8, 4) is 0 Å². The minimum Gasteiger partial charge on any atom is -0.394 e. The van der Waals surface area contributed by atoms with Crippen LogP contribution >= 0.6 is 7.60 Å². The number of fused-ring (bicyclic) bond motifs is 1. The van der Waals surface area contributed by atoms with Crippen LogP contribution in [-0.2, 0) is 25.1 Å². The van der Waals surface area contributed by atoms with Crippen molar-refractivity contribution < 1.29 is 28.6 Å². The fourth-order valence-corrected chi connectivity index (χ4v) is 5.28. The van der Waals surface area contributed by atoms with E-state index in [1.807, 2.05) is 0 Å². The van der Waals surface area contributed by atoms with Gasteiger partial charge in [-0.15, -0.1) is 0 Å². The quantitative estimate of drug-likeness (QED) is 0.0668. The van der Waals surface area contributed by atoms with E-state index >= 15 is 0 Å². The van der Waals surface area contributed by atoms with Gasteiger partial charge in [0.25, 0.3) is 0 Å². The number of imidazole rings is 1. The summed E-state index contributed by atoms with van der Waals surface area (Å²) in [5.74, 6) is 0.250. The molecule has 0 radical (unpaired) electrons. The maximum absolute atomic E-state index is 12.3. The second-order valence-electron chi connectivity index (χ2n) is 10.4. The Balaban J connectivity index is 1.42. The highest BCUT2D eigenvalue weighted by atomic mass is 31.2. The summed E-state index contributed by atoms with van der Waals surface area (Å²) in [5, 5.41) is 9.65. The van der Waals surface area contributed by atoms with Gasteiger partial charge in [0.2, 0.25) is 0 Å². The normalized spacial score (nSPS) is 14.2. The van der Waals surface area contributed by atoms with Crippen LogP contribution in [0.25, 0.3) is 11.2 Å². The van der Waals surface area contributed by atoms with Crippen molar-refractivity contribution in [1.29, 1.82) is 0 Å². The van der Waals surface area contributed by atoms with Gasteiger partial charge >= 0.3 is 7.60 Å². The average molecular weight is 598 g/mol. The molecule has 0 saturated heterocycles. The van der Waals surface area contributed by atoms with E-state index in [2.05, 4.69) is 34.0 Å². The molecule has 2 aromatic rings. The molecule has 0 aromatic carbocycles. The van der Waals surface area contributed by atoms with E-state index in [9.17, 15) is 14.6 Å². The molecule has 0 aliphatic carbocycles. The molecule has 0 aliphatic heterocycles. The smallest absolute Gasteiger partial charge is 0.353 e. The maximum atomic E-state index is 12.3. The molecule has 2 aromatic heterocycles. The van der Waals surface area contributed by atoms with Crippen LogP contribution in [0.2, 0.25) is 0 Å². The number of hydrogen-bond acceptors (Lipinski definition) is 9. The zero-order valence-electron chi connectivity index (χ0n) is 24.9. The fourth-order valence-electron chi connectivity index (χ4n) is 4.40. The van der Waals surface area contributed by atoms with E-state index in [4.69, 9.17) is 19.7 Å². The van der Waals surface area contributed by atoms with Gasteiger partial charge in [-0.3, -0.25) is 4.57 Å². The number of aromatic nitrogens is 4. The molecule has 0 aliphatic rings. The van der Waals surface area contributed by atoms with Crippen LogP contribution in [0.1, 0.15) is 96.8 Å². The summed E-state index contributed by atoms with van der Waals surface area (Å²) in [7, 11) is -3.96. The first-order valence-electron chi connectivity index (χ1n) is 15.3. The van der Waals surface area contributed by atoms with Gasteiger partial charge in [0, 0.05) is 13.2 Å². The largest absolute Gasteiger partial charge is 0.394 e. The number of allylic oxidation sites excluding steroid dienone is 2. The lowest BCUT2D eigenvalue weighted by Gasteiger charge is -2.19. The number of unbranched alkanes of at least 4 members (excludes halogenated alkanes) is 11. The molecule has 0 amide bonds. The molecule has 2 heterocycles. The number of aliphatic hydroxyl groups excluding tert-OH is 1. The van der Waals surface area contributed by atoms with E-state index < -0.39 is 20.0 Å². The predicted molar refractivity (Wildman–Crippen MR) is 163 cm³/mol. The minimum atomic E-state index is -3.96. The fraction of sp³-hybridized carbons (Fsp3) is 0.759. The third-order valence-corrected chi connectivity index (χ3v) is 7.84. The lowest BCUT2D eigenvalue weighted by Crippen LogP contribution is -2.24. The Morgan fingerprint density at radius 1 is 0.927 bits per heavy atom. The van der Waals surface area contributed by atoms with Crippen molar-refractivity contribution in [1.82, 2.24) is 19.5 Å². The summed E-state index contributed by atoms with van der Waals surface area (Å²) in [6, 6.07) is 0.